The summed E-state index contributed by atoms with van der Waals surface area (Å²) in [6.45, 7) is 8.87. The maximum atomic E-state index is 5.83. The maximum Gasteiger partial charge on any atom is 0.125 e. The molecule has 3 heteroatoms. The van der Waals surface area contributed by atoms with E-state index < -0.39 is 0 Å². The van der Waals surface area contributed by atoms with Crippen molar-refractivity contribution in [3.63, 3.8) is 0 Å². The number of benzene rings is 1. The highest BCUT2D eigenvalue weighted by Crippen LogP contribution is 2.25. The van der Waals surface area contributed by atoms with Crippen LogP contribution in [0.3, 0.4) is 0 Å². The maximum absolute atomic E-state index is 5.83. The molecule has 1 rings (SSSR count). The molecule has 0 aliphatic carbocycles. The molecule has 0 bridgehead atoms. The first-order valence-corrected chi connectivity index (χ1v) is 5.22. The molecule has 0 saturated carbocycles. The Morgan fingerprint density at radius 1 is 1.27 bits per heavy atom. The first-order chi connectivity index (χ1) is 7.04. The fourth-order valence-electron chi connectivity index (χ4n) is 1.76. The fourth-order valence-corrected chi connectivity index (χ4v) is 1.76. The predicted octanol–water partition coefficient (Wildman–Crippen LogP) is 1.84. The Morgan fingerprint density at radius 2 is 1.80 bits per heavy atom. The first-order valence-electron chi connectivity index (χ1n) is 5.22. The third-order valence-electron chi connectivity index (χ3n) is 2.33. The van der Waals surface area contributed by atoms with Gasteiger partial charge in [0.1, 0.15) is 11.9 Å². The minimum absolute atomic E-state index is 0.0788. The zero-order valence-corrected chi connectivity index (χ0v) is 9.92. The number of aryl methyl sites for hydroxylation is 3. The summed E-state index contributed by atoms with van der Waals surface area (Å²) in [4.78, 5) is 0. The van der Waals surface area contributed by atoms with Crippen molar-refractivity contribution in [2.24, 2.45) is 5.84 Å². The molecule has 1 aromatic carbocycles. The van der Waals surface area contributed by atoms with Crippen LogP contribution >= 0.6 is 0 Å². The van der Waals surface area contributed by atoms with Gasteiger partial charge in [-0.3, -0.25) is 11.3 Å². The summed E-state index contributed by atoms with van der Waals surface area (Å²) in [5, 5.41) is 0. The van der Waals surface area contributed by atoms with Gasteiger partial charge in [0.15, 0.2) is 0 Å². The summed E-state index contributed by atoms with van der Waals surface area (Å²) in [6, 6.07) is 4.26. The van der Waals surface area contributed by atoms with Crippen LogP contribution in [0.2, 0.25) is 0 Å². The molecule has 84 valence electrons. The highest BCUT2D eigenvalue weighted by molar-refractivity contribution is 5.43. The van der Waals surface area contributed by atoms with Crippen molar-refractivity contribution in [3.8, 4) is 5.75 Å². The number of rotatable bonds is 4. The molecule has 1 unspecified atom stereocenters. The fraction of sp³-hybridized carbons (Fsp3) is 0.500. The number of hydrazine groups is 1. The summed E-state index contributed by atoms with van der Waals surface area (Å²) >= 11 is 0. The monoisotopic (exact) mass is 208 g/mol. The minimum Gasteiger partial charge on any atom is -0.489 e. The number of nitrogens with two attached hydrogens (primary N) is 1. The average molecular weight is 208 g/mol. The van der Waals surface area contributed by atoms with Gasteiger partial charge in [0.25, 0.3) is 0 Å². The number of hydrogen-bond donors (Lipinski definition) is 2. The van der Waals surface area contributed by atoms with Gasteiger partial charge in [0.05, 0.1) is 0 Å². The zero-order chi connectivity index (χ0) is 11.4. The summed E-state index contributed by atoms with van der Waals surface area (Å²) < 4.78 is 5.83. The second kappa shape index (κ2) is 5.14. The quantitative estimate of drug-likeness (QED) is 0.586. The molecule has 3 N–H and O–H groups in total. The van der Waals surface area contributed by atoms with Gasteiger partial charge < -0.3 is 4.74 Å². The molecular formula is C12H20N2O. The highest BCUT2D eigenvalue weighted by atomic mass is 16.5. The van der Waals surface area contributed by atoms with Crippen molar-refractivity contribution in [2.75, 3.05) is 6.54 Å². The van der Waals surface area contributed by atoms with Crippen LogP contribution in [-0.2, 0) is 0 Å². The summed E-state index contributed by atoms with van der Waals surface area (Å²) in [5.74, 6) is 6.23. The van der Waals surface area contributed by atoms with Crippen LogP contribution in [-0.4, -0.2) is 12.6 Å². The molecular weight excluding hydrogens is 188 g/mol. The van der Waals surface area contributed by atoms with E-state index in [0.29, 0.717) is 6.54 Å². The Labute approximate surface area is 91.6 Å². The van der Waals surface area contributed by atoms with Crippen LogP contribution in [0.15, 0.2) is 12.1 Å². The van der Waals surface area contributed by atoms with Crippen molar-refractivity contribution >= 4 is 0 Å². The normalized spacial score (nSPS) is 12.6. The molecule has 0 heterocycles. The van der Waals surface area contributed by atoms with Gasteiger partial charge in [-0.25, -0.2) is 0 Å². The lowest BCUT2D eigenvalue weighted by Gasteiger charge is -2.18. The van der Waals surface area contributed by atoms with E-state index in [1.54, 1.807) is 0 Å². The number of hydrogen-bond acceptors (Lipinski definition) is 3. The molecule has 0 fully saturated rings. The van der Waals surface area contributed by atoms with E-state index in [4.69, 9.17) is 10.6 Å². The summed E-state index contributed by atoms with van der Waals surface area (Å²) in [5.41, 5.74) is 6.23. The lowest BCUT2D eigenvalue weighted by atomic mass is 10.1. The third-order valence-corrected chi connectivity index (χ3v) is 2.33. The molecule has 1 atom stereocenters. The van der Waals surface area contributed by atoms with Crippen LogP contribution in [0.5, 0.6) is 5.75 Å². The van der Waals surface area contributed by atoms with Crippen molar-refractivity contribution < 1.29 is 4.74 Å². The van der Waals surface area contributed by atoms with E-state index in [1.165, 1.54) is 16.7 Å². The van der Waals surface area contributed by atoms with Gasteiger partial charge in [-0.15, -0.1) is 0 Å². The second-order valence-corrected chi connectivity index (χ2v) is 4.06. The van der Waals surface area contributed by atoms with E-state index in [1.807, 2.05) is 6.92 Å². The first kappa shape index (κ1) is 12.0. The molecule has 0 amide bonds. The Morgan fingerprint density at radius 3 is 2.27 bits per heavy atom. The van der Waals surface area contributed by atoms with E-state index >= 15 is 0 Å². The van der Waals surface area contributed by atoms with Gasteiger partial charge in [-0.1, -0.05) is 17.7 Å². The molecule has 3 nitrogen and oxygen atoms in total. The summed E-state index contributed by atoms with van der Waals surface area (Å²) in [7, 11) is 0. The van der Waals surface area contributed by atoms with Crippen LogP contribution in [0.1, 0.15) is 23.6 Å². The number of ether oxygens (including phenoxy) is 1. The van der Waals surface area contributed by atoms with Crippen molar-refractivity contribution in [1.29, 1.82) is 0 Å². The SMILES string of the molecule is Cc1cc(C)c(OC(C)CNN)c(C)c1. The van der Waals surface area contributed by atoms with Crippen LogP contribution in [0, 0.1) is 20.8 Å². The molecule has 0 aliphatic heterocycles. The van der Waals surface area contributed by atoms with Crippen molar-refractivity contribution in [2.45, 2.75) is 33.8 Å². The Bertz CT molecular complexity index is 313. The molecule has 0 aliphatic rings. The van der Waals surface area contributed by atoms with Gasteiger partial charge in [0.2, 0.25) is 0 Å². The van der Waals surface area contributed by atoms with Crippen LogP contribution in [0.25, 0.3) is 0 Å². The molecule has 0 aromatic heterocycles. The Hall–Kier alpha value is -1.06. The Kier molecular flexibility index (Phi) is 4.12. The molecule has 0 saturated heterocycles. The van der Waals surface area contributed by atoms with Crippen molar-refractivity contribution in [3.05, 3.63) is 28.8 Å². The zero-order valence-electron chi connectivity index (χ0n) is 9.92. The predicted molar refractivity (Wildman–Crippen MR) is 62.9 cm³/mol. The van der Waals surface area contributed by atoms with Gasteiger partial charge in [0, 0.05) is 6.54 Å². The lowest BCUT2D eigenvalue weighted by Crippen LogP contribution is -2.33. The van der Waals surface area contributed by atoms with Crippen LogP contribution in [0.4, 0.5) is 0 Å². The Balaban J connectivity index is 2.85. The van der Waals surface area contributed by atoms with Crippen molar-refractivity contribution in [1.82, 2.24) is 5.43 Å². The molecule has 0 radical (unpaired) electrons. The van der Waals surface area contributed by atoms with Gasteiger partial charge in [-0.05, 0) is 38.8 Å². The van der Waals surface area contributed by atoms with E-state index in [0.717, 1.165) is 5.75 Å². The number of nitrogens with one attached hydrogen (secondary N) is 1. The third kappa shape index (κ3) is 3.22. The van der Waals surface area contributed by atoms with Crippen LogP contribution < -0.4 is 16.0 Å². The smallest absolute Gasteiger partial charge is 0.125 e. The van der Waals surface area contributed by atoms with Gasteiger partial charge in [-0.2, -0.15) is 0 Å². The van der Waals surface area contributed by atoms with E-state index in [2.05, 4.69) is 38.3 Å². The summed E-state index contributed by atoms with van der Waals surface area (Å²) in [6.07, 6.45) is 0.0788. The van der Waals surface area contributed by atoms with E-state index in [9.17, 15) is 0 Å². The minimum atomic E-state index is 0.0788. The largest absolute Gasteiger partial charge is 0.489 e. The highest BCUT2D eigenvalue weighted by Gasteiger charge is 2.08. The molecule has 1 aromatic rings. The molecule has 15 heavy (non-hydrogen) atoms. The van der Waals surface area contributed by atoms with E-state index in [-0.39, 0.29) is 6.10 Å². The lowest BCUT2D eigenvalue weighted by molar-refractivity contribution is 0.215. The topological polar surface area (TPSA) is 47.3 Å². The van der Waals surface area contributed by atoms with Gasteiger partial charge >= 0.3 is 0 Å². The molecule has 0 spiro atoms. The second-order valence-electron chi connectivity index (χ2n) is 4.06. The average Bonchev–Trinajstić information content (AvgIpc) is 2.11. The standard InChI is InChI=1S/C12H20N2O/c1-8-5-9(2)12(10(3)6-8)15-11(4)7-14-13/h5-6,11,14H,7,13H2,1-4H3.